The Balaban J connectivity index is 2.40. The van der Waals surface area contributed by atoms with Gasteiger partial charge in [-0.15, -0.1) is 0 Å². The van der Waals surface area contributed by atoms with Crippen LogP contribution in [0.1, 0.15) is 25.3 Å². The molecule has 0 atom stereocenters. The Morgan fingerprint density at radius 2 is 2.17 bits per heavy atom. The van der Waals surface area contributed by atoms with Gasteiger partial charge in [-0.25, -0.2) is 0 Å². The number of aldehydes is 1. The normalized spacial score (nSPS) is 15.1. The van der Waals surface area contributed by atoms with Gasteiger partial charge >= 0.3 is 0 Å². The van der Waals surface area contributed by atoms with E-state index in [1.165, 1.54) is 0 Å². The Hall–Kier alpha value is -1.29. The quantitative estimate of drug-likeness (QED) is 0.632. The lowest BCUT2D eigenvalue weighted by Gasteiger charge is -2.10. The second-order valence-electron chi connectivity index (χ2n) is 4.07. The van der Waals surface area contributed by atoms with Crippen LogP contribution in [-0.4, -0.2) is 19.5 Å². The van der Waals surface area contributed by atoms with Crippen molar-refractivity contribution in [3.05, 3.63) is 27.7 Å². The number of benzene rings is 1. The van der Waals surface area contributed by atoms with Crippen molar-refractivity contribution >= 4 is 28.3 Å². The van der Waals surface area contributed by atoms with Gasteiger partial charge in [0.15, 0.2) is 11.5 Å². The number of halogens is 1. The first-order chi connectivity index (χ1) is 8.74. The average molecular weight is 311 g/mol. The Morgan fingerprint density at radius 1 is 1.39 bits per heavy atom. The van der Waals surface area contributed by atoms with Gasteiger partial charge < -0.3 is 9.47 Å². The van der Waals surface area contributed by atoms with Gasteiger partial charge in [0.2, 0.25) is 0 Å². The van der Waals surface area contributed by atoms with Crippen molar-refractivity contribution in [3.8, 4) is 11.5 Å². The summed E-state index contributed by atoms with van der Waals surface area (Å²) in [5.74, 6) is 1.48. The predicted molar refractivity (Wildman–Crippen MR) is 74.1 cm³/mol. The van der Waals surface area contributed by atoms with Crippen molar-refractivity contribution in [1.82, 2.24) is 0 Å². The molecule has 0 radical (unpaired) electrons. The standard InChI is InChI=1S/C14H15BrO3/c1-2-10(9-16)6-11-7-12(15)14-13(8-11)17-4-3-5-18-14/h6-9H,2-5H2,1H3. The Bertz CT molecular complexity index is 480. The second-order valence-corrected chi connectivity index (χ2v) is 4.93. The average Bonchev–Trinajstić information content (AvgIpc) is 2.61. The molecule has 1 aliphatic heterocycles. The van der Waals surface area contributed by atoms with Gasteiger partial charge in [-0.05, 0) is 51.7 Å². The van der Waals surface area contributed by atoms with E-state index in [0.29, 0.717) is 13.2 Å². The van der Waals surface area contributed by atoms with E-state index in [4.69, 9.17) is 9.47 Å². The summed E-state index contributed by atoms with van der Waals surface area (Å²) in [4.78, 5) is 10.8. The smallest absolute Gasteiger partial charge is 0.175 e. The highest BCUT2D eigenvalue weighted by atomic mass is 79.9. The molecule has 0 amide bonds. The first-order valence-electron chi connectivity index (χ1n) is 5.99. The van der Waals surface area contributed by atoms with E-state index in [2.05, 4.69) is 15.9 Å². The van der Waals surface area contributed by atoms with Gasteiger partial charge in [-0.2, -0.15) is 0 Å². The summed E-state index contributed by atoms with van der Waals surface area (Å²) in [5, 5.41) is 0. The lowest BCUT2D eigenvalue weighted by atomic mass is 10.1. The minimum Gasteiger partial charge on any atom is -0.489 e. The van der Waals surface area contributed by atoms with Crippen molar-refractivity contribution in [2.24, 2.45) is 0 Å². The molecule has 0 aliphatic carbocycles. The molecule has 3 nitrogen and oxygen atoms in total. The molecule has 4 heteroatoms. The largest absolute Gasteiger partial charge is 0.489 e. The number of carbonyl (C=O) groups is 1. The van der Waals surface area contributed by atoms with Crippen LogP contribution in [0.25, 0.3) is 6.08 Å². The number of allylic oxidation sites excluding steroid dienone is 1. The maximum absolute atomic E-state index is 10.8. The lowest BCUT2D eigenvalue weighted by Crippen LogP contribution is -1.97. The highest BCUT2D eigenvalue weighted by Gasteiger charge is 2.14. The number of hydrogen-bond donors (Lipinski definition) is 0. The van der Waals surface area contributed by atoms with E-state index in [-0.39, 0.29) is 0 Å². The minimum absolute atomic E-state index is 0.654. The number of fused-ring (bicyclic) bond motifs is 1. The zero-order chi connectivity index (χ0) is 13.0. The Labute approximate surface area is 115 Å². The molecule has 96 valence electrons. The highest BCUT2D eigenvalue weighted by Crippen LogP contribution is 2.38. The van der Waals surface area contributed by atoms with Gasteiger partial charge in [0.25, 0.3) is 0 Å². The summed E-state index contributed by atoms with van der Waals surface area (Å²) < 4.78 is 12.1. The molecule has 1 aliphatic rings. The van der Waals surface area contributed by atoms with Crippen molar-refractivity contribution in [2.45, 2.75) is 19.8 Å². The van der Waals surface area contributed by atoms with E-state index in [1.807, 2.05) is 25.1 Å². The molecule has 0 aromatic heterocycles. The number of hydrogen-bond acceptors (Lipinski definition) is 3. The monoisotopic (exact) mass is 310 g/mol. The first-order valence-corrected chi connectivity index (χ1v) is 6.78. The van der Waals surface area contributed by atoms with E-state index < -0.39 is 0 Å². The van der Waals surface area contributed by atoms with Crippen LogP contribution in [0.4, 0.5) is 0 Å². The van der Waals surface area contributed by atoms with Crippen LogP contribution in [0.2, 0.25) is 0 Å². The van der Waals surface area contributed by atoms with Gasteiger partial charge in [0.1, 0.15) is 6.29 Å². The maximum atomic E-state index is 10.8. The molecule has 2 rings (SSSR count). The molecule has 0 saturated heterocycles. The summed E-state index contributed by atoms with van der Waals surface area (Å²) in [6, 6.07) is 3.84. The second kappa shape index (κ2) is 6.05. The maximum Gasteiger partial charge on any atom is 0.175 e. The molecule has 1 aromatic rings. The van der Waals surface area contributed by atoms with Crippen LogP contribution in [-0.2, 0) is 4.79 Å². The fourth-order valence-corrected chi connectivity index (χ4v) is 2.34. The van der Waals surface area contributed by atoms with Crippen molar-refractivity contribution in [1.29, 1.82) is 0 Å². The molecule has 0 N–H and O–H groups in total. The number of carbonyl (C=O) groups excluding carboxylic acids is 1. The Morgan fingerprint density at radius 3 is 2.89 bits per heavy atom. The summed E-state index contributed by atoms with van der Waals surface area (Å²) in [5.41, 5.74) is 1.70. The lowest BCUT2D eigenvalue weighted by molar-refractivity contribution is -0.104. The molecule has 0 spiro atoms. The highest BCUT2D eigenvalue weighted by molar-refractivity contribution is 9.10. The summed E-state index contributed by atoms with van der Waals surface area (Å²) >= 11 is 3.48. The third-order valence-corrected chi connectivity index (χ3v) is 3.33. The number of ether oxygens (including phenoxy) is 2. The molecule has 0 fully saturated rings. The molecule has 0 unspecified atom stereocenters. The summed E-state index contributed by atoms with van der Waals surface area (Å²) in [6.45, 7) is 3.27. The summed E-state index contributed by atoms with van der Waals surface area (Å²) in [7, 11) is 0. The van der Waals surface area contributed by atoms with Crippen LogP contribution >= 0.6 is 15.9 Å². The van der Waals surface area contributed by atoms with E-state index >= 15 is 0 Å². The van der Waals surface area contributed by atoms with Crippen molar-refractivity contribution in [3.63, 3.8) is 0 Å². The molecule has 1 aromatic carbocycles. The first kappa shape index (κ1) is 13.1. The SMILES string of the molecule is CCC(C=O)=Cc1cc(Br)c2c(c1)OCCCO2. The third-order valence-electron chi connectivity index (χ3n) is 2.74. The third kappa shape index (κ3) is 2.93. The van der Waals surface area contributed by atoms with Crippen molar-refractivity contribution in [2.75, 3.05) is 13.2 Å². The molecular formula is C14H15BrO3. The van der Waals surface area contributed by atoms with Gasteiger partial charge in [-0.3, -0.25) is 4.79 Å². The van der Waals surface area contributed by atoms with Crippen LogP contribution < -0.4 is 9.47 Å². The van der Waals surface area contributed by atoms with Crippen molar-refractivity contribution < 1.29 is 14.3 Å². The van der Waals surface area contributed by atoms with E-state index in [0.717, 1.165) is 46.2 Å². The zero-order valence-corrected chi connectivity index (χ0v) is 11.8. The van der Waals surface area contributed by atoms with E-state index in [9.17, 15) is 4.79 Å². The molecule has 1 heterocycles. The van der Waals surface area contributed by atoms with E-state index in [1.54, 1.807) is 0 Å². The molecule has 0 bridgehead atoms. The Kier molecular flexibility index (Phi) is 4.42. The molecule has 18 heavy (non-hydrogen) atoms. The molecular weight excluding hydrogens is 296 g/mol. The van der Waals surface area contributed by atoms with Crippen LogP contribution in [0.5, 0.6) is 11.5 Å². The van der Waals surface area contributed by atoms with Gasteiger partial charge in [0.05, 0.1) is 17.7 Å². The summed E-state index contributed by atoms with van der Waals surface area (Å²) in [6.07, 6.45) is 4.35. The predicted octanol–water partition coefficient (Wildman–Crippen LogP) is 3.60. The van der Waals surface area contributed by atoms with Gasteiger partial charge in [-0.1, -0.05) is 6.92 Å². The van der Waals surface area contributed by atoms with Crippen LogP contribution in [0.3, 0.4) is 0 Å². The topological polar surface area (TPSA) is 35.5 Å². The van der Waals surface area contributed by atoms with Crippen LogP contribution in [0.15, 0.2) is 22.2 Å². The van der Waals surface area contributed by atoms with Gasteiger partial charge in [0, 0.05) is 6.42 Å². The fourth-order valence-electron chi connectivity index (χ4n) is 1.77. The molecule has 0 saturated carbocycles. The number of rotatable bonds is 3. The minimum atomic E-state index is 0.654. The van der Waals surface area contributed by atoms with Crippen LogP contribution in [0, 0.1) is 0 Å². The fraction of sp³-hybridized carbons (Fsp3) is 0.357. The zero-order valence-electron chi connectivity index (χ0n) is 10.2.